The van der Waals surface area contributed by atoms with E-state index in [1.165, 1.54) is 36.5 Å². The van der Waals surface area contributed by atoms with Crippen molar-refractivity contribution in [1.82, 2.24) is 30.1 Å². The van der Waals surface area contributed by atoms with Gasteiger partial charge in [0.2, 0.25) is 11.8 Å². The monoisotopic (exact) mass is 964 g/mol. The van der Waals surface area contributed by atoms with Gasteiger partial charge >= 0.3 is 6.01 Å². The van der Waals surface area contributed by atoms with Gasteiger partial charge in [0.15, 0.2) is 5.82 Å². The number of rotatable bonds is 11. The van der Waals surface area contributed by atoms with Gasteiger partial charge in [0.05, 0.1) is 23.5 Å². The number of fused-ring (bicyclic) bond motifs is 2. The molecule has 370 valence electrons. The number of hydrogen-bond donors (Lipinski definition) is 3. The van der Waals surface area contributed by atoms with Crippen molar-refractivity contribution in [1.29, 1.82) is 0 Å². The summed E-state index contributed by atoms with van der Waals surface area (Å²) in [6.45, 7) is 10.6. The average Bonchev–Trinajstić information content (AvgIpc) is 4.09. The fraction of sp³-hybridized carbons (Fsp3) is 0.528. The number of β-amino-alcohol motifs (C(OH)–C–C–N with tert-alkyl or cyclic N) is 1. The number of nitrogens with zero attached hydrogens (tertiary/aromatic N) is 7. The minimum absolute atomic E-state index is 0.00266. The van der Waals surface area contributed by atoms with E-state index in [2.05, 4.69) is 25.1 Å². The van der Waals surface area contributed by atoms with E-state index >= 15 is 17.6 Å². The maximum Gasteiger partial charge on any atom is 0.319 e. The molecule has 13 nitrogen and oxygen atoms in total. The predicted molar refractivity (Wildman–Crippen MR) is 257 cm³/mol. The van der Waals surface area contributed by atoms with Crippen LogP contribution in [0.4, 0.5) is 29.1 Å². The Morgan fingerprint density at radius 3 is 2.30 bits per heavy atom. The van der Waals surface area contributed by atoms with Crippen LogP contribution in [0.1, 0.15) is 95.1 Å². The second-order valence-electron chi connectivity index (χ2n) is 21.5. The van der Waals surface area contributed by atoms with Crippen molar-refractivity contribution in [3.63, 3.8) is 0 Å². The number of carbonyl (C=O) groups excluding carboxylic acids is 2. The highest BCUT2D eigenvalue weighted by molar-refractivity contribution is 6.02. The van der Waals surface area contributed by atoms with Crippen molar-refractivity contribution in [3.05, 3.63) is 77.0 Å². The summed E-state index contributed by atoms with van der Waals surface area (Å²) in [6.07, 6.45) is 9.83. The van der Waals surface area contributed by atoms with E-state index in [1.54, 1.807) is 13.0 Å². The fourth-order valence-electron chi connectivity index (χ4n) is 12.4. The number of piperidine rings is 3. The molecule has 1 spiro atoms. The zero-order chi connectivity index (χ0) is 48.7. The minimum atomic E-state index is -1.02. The fourth-order valence-corrected chi connectivity index (χ4v) is 12.4. The van der Waals surface area contributed by atoms with Gasteiger partial charge in [-0.1, -0.05) is 13.0 Å². The van der Waals surface area contributed by atoms with Gasteiger partial charge in [0, 0.05) is 86.7 Å². The number of phenolic OH excluding ortho intramolecular Hbond substituents is 1. The number of pyridine rings is 1. The van der Waals surface area contributed by atoms with Crippen LogP contribution in [0.15, 0.2) is 42.6 Å². The van der Waals surface area contributed by atoms with Gasteiger partial charge in [-0.3, -0.25) is 24.8 Å². The van der Waals surface area contributed by atoms with Crippen LogP contribution in [0.25, 0.3) is 32.9 Å². The lowest BCUT2D eigenvalue weighted by atomic mass is 9.60. The second-order valence-corrected chi connectivity index (χ2v) is 21.5. The summed E-state index contributed by atoms with van der Waals surface area (Å²) in [4.78, 5) is 47.1. The molecular weight excluding hydrogens is 905 g/mol. The summed E-state index contributed by atoms with van der Waals surface area (Å²) >= 11 is 0. The first-order valence-corrected chi connectivity index (χ1v) is 25.0. The quantitative estimate of drug-likeness (QED) is 0.0878. The number of aromatic hydroxyl groups is 1. The van der Waals surface area contributed by atoms with Crippen molar-refractivity contribution < 1.29 is 42.1 Å². The van der Waals surface area contributed by atoms with Gasteiger partial charge in [-0.05, 0) is 136 Å². The van der Waals surface area contributed by atoms with Crippen LogP contribution < -0.4 is 19.9 Å². The van der Waals surface area contributed by atoms with Gasteiger partial charge in [0.1, 0.15) is 40.2 Å². The Morgan fingerprint density at radius 2 is 1.61 bits per heavy atom. The number of aliphatic hydroxyl groups is 1. The molecule has 2 saturated carbocycles. The Kier molecular flexibility index (Phi) is 11.9. The number of halogens is 4. The molecule has 0 radical (unpaired) electrons. The number of piperazine rings is 1. The van der Waals surface area contributed by atoms with Crippen LogP contribution in [0.3, 0.4) is 0 Å². The number of hydrogen-bond acceptors (Lipinski definition) is 12. The third-order valence-corrected chi connectivity index (χ3v) is 16.5. The van der Waals surface area contributed by atoms with Gasteiger partial charge < -0.3 is 29.6 Å². The largest absolute Gasteiger partial charge is 0.508 e. The standard InChI is InChI=1S/C53H60F4N8O5/c1-3-35-39(54)7-5-31-21-34(66)24-37(43(31)35)46-45(57)47-38(27-58-46)48(65-14-4-9-51(2,69)28-65)61-50(60-47)70-30-53(10-11-53)29-62-15-12-52(13-16-62)25-33(26-52)64-19-17-63(18-20-64)32-22-40(55)44(41(56)23-32)36-6-8-42(67)59-49(36)68/h5,7,21-24,27,33,36,66,69H,3-4,6,8-20,25-26,28-30H2,1-2H3,(H,59,67,68)/t36?,51-/m1/s1. The van der Waals surface area contributed by atoms with Crippen LogP contribution in [0.2, 0.25) is 0 Å². The summed E-state index contributed by atoms with van der Waals surface area (Å²) in [6, 6.07) is 9.03. The molecule has 17 heteroatoms. The molecule has 2 amide bonds. The molecule has 3 N–H and O–H groups in total. The highest BCUT2D eigenvalue weighted by Gasteiger charge is 2.51. The van der Waals surface area contributed by atoms with Crippen molar-refractivity contribution in [3.8, 4) is 23.0 Å². The van der Waals surface area contributed by atoms with E-state index < -0.39 is 46.6 Å². The van der Waals surface area contributed by atoms with Crippen LogP contribution >= 0.6 is 0 Å². The lowest BCUT2D eigenvalue weighted by Crippen LogP contribution is -2.59. The van der Waals surface area contributed by atoms with Crippen LogP contribution in [-0.4, -0.2) is 124 Å². The average molecular weight is 965 g/mol. The summed E-state index contributed by atoms with van der Waals surface area (Å²) < 4.78 is 69.4. The molecular formula is C53H60F4N8O5. The highest BCUT2D eigenvalue weighted by Crippen LogP contribution is 2.53. The molecule has 2 atom stereocenters. The Morgan fingerprint density at radius 1 is 0.871 bits per heavy atom. The molecule has 2 aromatic heterocycles. The number of carbonyl (C=O) groups is 2. The molecule has 4 saturated heterocycles. The Bertz CT molecular complexity index is 2870. The third kappa shape index (κ3) is 8.79. The molecule has 4 aliphatic heterocycles. The number of aromatic nitrogens is 3. The van der Waals surface area contributed by atoms with Gasteiger partial charge in [0.25, 0.3) is 0 Å². The van der Waals surface area contributed by atoms with E-state index in [1.807, 2.05) is 16.7 Å². The van der Waals surface area contributed by atoms with Crippen LogP contribution in [0.5, 0.6) is 11.8 Å². The first kappa shape index (κ1) is 46.7. The summed E-state index contributed by atoms with van der Waals surface area (Å²) in [5, 5.41) is 25.4. The first-order valence-electron chi connectivity index (χ1n) is 25.0. The van der Waals surface area contributed by atoms with E-state index in [4.69, 9.17) is 9.72 Å². The van der Waals surface area contributed by atoms with Crippen LogP contribution in [0, 0.1) is 34.1 Å². The van der Waals surface area contributed by atoms with Crippen molar-refractivity contribution >= 4 is 45.0 Å². The number of imide groups is 1. The zero-order valence-electron chi connectivity index (χ0n) is 39.8. The normalized spacial score (nSPS) is 24.1. The number of likely N-dealkylation sites (tertiary alicyclic amines) is 1. The lowest BCUT2D eigenvalue weighted by molar-refractivity contribution is -0.134. The number of phenols is 1. The van der Waals surface area contributed by atoms with E-state index in [9.17, 15) is 19.8 Å². The smallest absolute Gasteiger partial charge is 0.319 e. The molecule has 1 unspecified atom stereocenters. The molecule has 11 rings (SSSR count). The number of ether oxygens (including phenoxy) is 1. The van der Waals surface area contributed by atoms with Crippen molar-refractivity contribution in [2.75, 3.05) is 75.3 Å². The first-order chi connectivity index (χ1) is 33.6. The number of benzene rings is 3. The summed E-state index contributed by atoms with van der Waals surface area (Å²) in [7, 11) is 0. The topological polar surface area (TPSA) is 147 Å². The van der Waals surface area contributed by atoms with Crippen LogP contribution in [-0.2, 0) is 16.0 Å². The van der Waals surface area contributed by atoms with Crippen molar-refractivity contribution in [2.45, 2.75) is 102 Å². The van der Waals surface area contributed by atoms with Gasteiger partial charge in [-0.2, -0.15) is 9.97 Å². The Hall–Kier alpha value is -5.65. The number of nitrogens with one attached hydrogen (secondary N) is 1. The molecule has 6 heterocycles. The van der Waals surface area contributed by atoms with Gasteiger partial charge in [-0.15, -0.1) is 0 Å². The molecule has 3 aromatic carbocycles. The van der Waals surface area contributed by atoms with E-state index in [0.717, 1.165) is 71.2 Å². The predicted octanol–water partition coefficient (Wildman–Crippen LogP) is 7.77. The second kappa shape index (κ2) is 17.9. The number of anilines is 2. The number of aryl methyl sites for hydroxylation is 1. The molecule has 70 heavy (non-hydrogen) atoms. The van der Waals surface area contributed by atoms with E-state index in [-0.39, 0.29) is 58.9 Å². The maximum atomic E-state index is 17.1. The minimum Gasteiger partial charge on any atom is -0.508 e. The highest BCUT2D eigenvalue weighted by atomic mass is 19.1. The molecule has 0 bridgehead atoms. The van der Waals surface area contributed by atoms with Gasteiger partial charge in [-0.25, -0.2) is 17.6 Å². The number of amides is 2. The molecule has 6 aliphatic rings. The summed E-state index contributed by atoms with van der Waals surface area (Å²) in [5.41, 5.74) is 0.0345. The maximum absolute atomic E-state index is 17.1. The van der Waals surface area contributed by atoms with E-state index in [0.29, 0.717) is 90.2 Å². The van der Waals surface area contributed by atoms with Crippen molar-refractivity contribution in [2.24, 2.45) is 10.8 Å². The Labute approximate surface area is 404 Å². The zero-order valence-corrected chi connectivity index (χ0v) is 39.8. The SMILES string of the molecule is CCc1c(F)ccc2cc(O)cc(-c3ncc4c(N5CCC[C@@](C)(O)C5)nc(OCC5(CN6CCC7(CC6)CC(N6CCN(c8cc(F)c(C9CCC(=O)NC9=O)c(F)c8)CC6)C7)CC5)nc4c3F)c12. The third-order valence-electron chi connectivity index (χ3n) is 16.5. The Balaban J connectivity index is 0.731. The molecule has 5 aromatic rings. The molecule has 6 fully saturated rings. The summed E-state index contributed by atoms with van der Waals surface area (Å²) in [5.74, 6) is -4.45. The molecule has 2 aliphatic carbocycles. The lowest BCUT2D eigenvalue weighted by Gasteiger charge is -2.56.